The number of nitrogens with zero attached hydrogens (tertiary/aromatic N) is 3. The molecule has 13 rings (SSSR count). The standard InChI is InChI=1S/C71H65F2N3/c1-41(2)43-11-22-50(23-12-43)74(52-26-18-48(72)19-27-52)63-35-32-56-58-40-65-59(37-45(58)15-30-55-54-31-16-46(70(5,6)7)38-60(54)67(63)66(55)56)57-33-36-64(68-61-39-47(71(8,9)10)17-34-62(61)76(65)69(57)68)75(53-28-20-49(73)21-29-53)51-24-13-44(14-25-51)42(3)4/h11-14,16-29,31-42,55H,15,30H2,1-10H3. The monoisotopic (exact) mass is 998 g/mol. The van der Waals surface area contributed by atoms with Crippen LogP contribution in [-0.2, 0) is 17.3 Å². The smallest absolute Gasteiger partial charge is 0.123 e. The van der Waals surface area contributed by atoms with E-state index in [4.69, 9.17) is 0 Å². The van der Waals surface area contributed by atoms with Gasteiger partial charge in [0.25, 0.3) is 0 Å². The molecular weight excluding hydrogens is 933 g/mol. The minimum Gasteiger partial charge on any atom is -0.310 e. The lowest BCUT2D eigenvalue weighted by Crippen LogP contribution is -2.13. The highest BCUT2D eigenvalue weighted by molar-refractivity contribution is 6.28. The maximum absolute atomic E-state index is 14.8. The SMILES string of the molecule is CC(C)c1ccc(N(c2ccc(F)cc2)c2ccc3c4c2-c2cc(C(C)(C)C)ccc2C4CCc2cc4c5ccc(N(c6ccc(F)cc6)c6ccc(C(C)C)cc6)c6c7cc(C(C)(C)C)ccc7n(c4cc2-3)c56)cc1. The lowest BCUT2D eigenvalue weighted by molar-refractivity contribution is 0.590. The van der Waals surface area contributed by atoms with Crippen molar-refractivity contribution in [2.45, 2.75) is 111 Å². The van der Waals surface area contributed by atoms with Crippen molar-refractivity contribution in [3.8, 4) is 22.3 Å². The first-order chi connectivity index (χ1) is 36.4. The van der Waals surface area contributed by atoms with Crippen LogP contribution in [0, 0.1) is 11.6 Å². The topological polar surface area (TPSA) is 10.9 Å². The van der Waals surface area contributed by atoms with Gasteiger partial charge in [-0.1, -0.05) is 130 Å². The Morgan fingerprint density at radius 1 is 0.474 bits per heavy atom. The van der Waals surface area contributed by atoms with Crippen molar-refractivity contribution in [3.05, 3.63) is 220 Å². The quantitative estimate of drug-likeness (QED) is 0.150. The van der Waals surface area contributed by atoms with Gasteiger partial charge in [-0.05, 0) is 200 Å². The maximum atomic E-state index is 14.8. The third-order valence-corrected chi connectivity index (χ3v) is 16.9. The van der Waals surface area contributed by atoms with E-state index in [1.165, 1.54) is 93.8 Å². The van der Waals surface area contributed by atoms with Gasteiger partial charge in [-0.25, -0.2) is 8.78 Å². The number of anilines is 6. The zero-order chi connectivity index (χ0) is 52.7. The van der Waals surface area contributed by atoms with Gasteiger partial charge in [0.1, 0.15) is 11.6 Å². The molecule has 76 heavy (non-hydrogen) atoms. The normalized spacial score (nSPS) is 14.3. The van der Waals surface area contributed by atoms with E-state index in [1.54, 1.807) is 24.3 Å². The van der Waals surface area contributed by atoms with Gasteiger partial charge in [0.05, 0.1) is 27.9 Å². The predicted molar refractivity (Wildman–Crippen MR) is 317 cm³/mol. The van der Waals surface area contributed by atoms with Crippen LogP contribution in [0.15, 0.2) is 170 Å². The summed E-state index contributed by atoms with van der Waals surface area (Å²) in [5.41, 5.74) is 23.8. The first kappa shape index (κ1) is 47.9. The van der Waals surface area contributed by atoms with Crippen LogP contribution in [0.1, 0.15) is 132 Å². The number of aryl methyl sites for hydroxylation is 1. The minimum absolute atomic E-state index is 0.0551. The zero-order valence-electron chi connectivity index (χ0n) is 45.4. The molecule has 0 radical (unpaired) electrons. The molecule has 5 heteroatoms. The number of hydrogen-bond donors (Lipinski definition) is 0. The molecule has 0 fully saturated rings. The second kappa shape index (κ2) is 17.4. The summed E-state index contributed by atoms with van der Waals surface area (Å²) in [6.07, 6.45) is 1.89. The molecule has 0 amide bonds. The minimum atomic E-state index is -0.259. The highest BCUT2D eigenvalue weighted by Gasteiger charge is 2.38. The lowest BCUT2D eigenvalue weighted by Gasteiger charge is -2.29. The molecule has 11 aromatic rings. The average Bonchev–Trinajstić information content (AvgIpc) is 4.13. The Morgan fingerprint density at radius 2 is 1.00 bits per heavy atom. The third kappa shape index (κ3) is 7.55. The average molecular weight is 998 g/mol. The Kier molecular flexibility index (Phi) is 11.0. The number of hydrogen-bond acceptors (Lipinski definition) is 2. The molecule has 9 aromatic carbocycles. The lowest BCUT2D eigenvalue weighted by atomic mass is 9.84. The first-order valence-electron chi connectivity index (χ1n) is 27.4. The van der Waals surface area contributed by atoms with Gasteiger partial charge in [0, 0.05) is 55.8 Å². The molecule has 0 saturated heterocycles. The van der Waals surface area contributed by atoms with E-state index in [9.17, 15) is 8.78 Å². The summed E-state index contributed by atoms with van der Waals surface area (Å²) in [6, 6.07) is 60.4. The van der Waals surface area contributed by atoms with E-state index in [0.717, 1.165) is 52.5 Å². The van der Waals surface area contributed by atoms with Crippen LogP contribution in [0.2, 0.25) is 0 Å². The van der Waals surface area contributed by atoms with Gasteiger partial charge < -0.3 is 14.2 Å². The highest BCUT2D eigenvalue weighted by atomic mass is 19.1. The van der Waals surface area contributed by atoms with Crippen molar-refractivity contribution in [2.75, 3.05) is 9.80 Å². The van der Waals surface area contributed by atoms with Gasteiger partial charge in [0.15, 0.2) is 0 Å². The van der Waals surface area contributed by atoms with Crippen LogP contribution in [0.3, 0.4) is 0 Å². The second-order valence-electron chi connectivity index (χ2n) is 24.4. The Morgan fingerprint density at radius 3 is 1.57 bits per heavy atom. The largest absolute Gasteiger partial charge is 0.310 e. The second-order valence-corrected chi connectivity index (χ2v) is 24.4. The maximum Gasteiger partial charge on any atom is 0.123 e. The molecule has 2 aromatic heterocycles. The Labute approximate surface area is 446 Å². The molecule has 0 spiro atoms. The van der Waals surface area contributed by atoms with Gasteiger partial charge in [-0.15, -0.1) is 0 Å². The van der Waals surface area contributed by atoms with Crippen molar-refractivity contribution in [1.82, 2.24) is 4.40 Å². The van der Waals surface area contributed by atoms with E-state index >= 15 is 0 Å². The number of rotatable bonds is 8. The van der Waals surface area contributed by atoms with E-state index in [-0.39, 0.29) is 28.4 Å². The summed E-state index contributed by atoms with van der Waals surface area (Å²) in [6.45, 7) is 22.7. The first-order valence-corrected chi connectivity index (χ1v) is 27.4. The van der Waals surface area contributed by atoms with E-state index in [1.807, 2.05) is 24.3 Å². The number of benzene rings is 9. The van der Waals surface area contributed by atoms with Gasteiger partial charge in [0.2, 0.25) is 0 Å². The molecule has 0 aliphatic heterocycles. The van der Waals surface area contributed by atoms with Crippen LogP contribution in [0.25, 0.3) is 60.3 Å². The van der Waals surface area contributed by atoms with Crippen LogP contribution in [-0.4, -0.2) is 4.40 Å². The molecule has 0 bridgehead atoms. The fourth-order valence-electron chi connectivity index (χ4n) is 12.8. The Balaban J connectivity index is 1.09. The van der Waals surface area contributed by atoms with E-state index in [2.05, 4.69) is 205 Å². The molecule has 2 heterocycles. The van der Waals surface area contributed by atoms with Crippen LogP contribution in [0.5, 0.6) is 0 Å². The molecule has 378 valence electrons. The van der Waals surface area contributed by atoms with Gasteiger partial charge >= 0.3 is 0 Å². The van der Waals surface area contributed by atoms with Crippen LogP contribution < -0.4 is 9.80 Å². The molecule has 1 atom stereocenters. The van der Waals surface area contributed by atoms with Crippen LogP contribution >= 0.6 is 0 Å². The summed E-state index contributed by atoms with van der Waals surface area (Å²) in [5, 5.41) is 4.85. The predicted octanol–water partition coefficient (Wildman–Crippen LogP) is 20.6. The molecule has 2 aliphatic rings. The molecule has 2 aliphatic carbocycles. The summed E-state index contributed by atoms with van der Waals surface area (Å²) >= 11 is 0. The van der Waals surface area contributed by atoms with Gasteiger partial charge in [-0.3, -0.25) is 0 Å². The fraction of sp³-hybridized carbons (Fsp3) is 0.239. The van der Waals surface area contributed by atoms with Gasteiger partial charge in [-0.2, -0.15) is 0 Å². The number of fused-ring (bicyclic) bond motifs is 11. The molecule has 0 saturated carbocycles. The van der Waals surface area contributed by atoms with Crippen molar-refractivity contribution in [2.24, 2.45) is 0 Å². The summed E-state index contributed by atoms with van der Waals surface area (Å²) in [7, 11) is 0. The van der Waals surface area contributed by atoms with Crippen molar-refractivity contribution >= 4 is 72.2 Å². The van der Waals surface area contributed by atoms with Crippen molar-refractivity contribution in [3.63, 3.8) is 0 Å². The Bertz CT molecular complexity index is 4070. The fourth-order valence-corrected chi connectivity index (χ4v) is 12.8. The number of halogens is 2. The molecule has 3 nitrogen and oxygen atoms in total. The molecular formula is C71H65F2N3. The third-order valence-electron chi connectivity index (χ3n) is 16.9. The zero-order valence-corrected chi connectivity index (χ0v) is 45.4. The molecule has 0 N–H and O–H groups in total. The van der Waals surface area contributed by atoms with Crippen molar-refractivity contribution < 1.29 is 8.78 Å². The summed E-state index contributed by atoms with van der Waals surface area (Å²) < 4.78 is 32.1. The van der Waals surface area contributed by atoms with E-state index < -0.39 is 0 Å². The summed E-state index contributed by atoms with van der Waals surface area (Å²) in [4.78, 5) is 4.66. The van der Waals surface area contributed by atoms with E-state index in [0.29, 0.717) is 11.8 Å². The number of aromatic nitrogens is 1. The summed E-state index contributed by atoms with van der Waals surface area (Å²) in [5.74, 6) is 0.457. The van der Waals surface area contributed by atoms with Crippen LogP contribution in [0.4, 0.5) is 42.9 Å². The highest BCUT2D eigenvalue weighted by Crippen LogP contribution is 2.59. The Hall–Kier alpha value is -7.76. The van der Waals surface area contributed by atoms with Crippen molar-refractivity contribution in [1.29, 1.82) is 0 Å². The molecule has 1 unspecified atom stereocenters.